The fraction of sp³-hybridized carbons (Fsp3) is 0.219. The molecule has 8 rings (SSSR count). The van der Waals surface area contributed by atoms with Crippen LogP contribution < -0.4 is 0 Å². The maximum atomic E-state index is 5.39. The fourth-order valence-electron chi connectivity index (χ4n) is 7.58. The molecule has 33 heavy (non-hydrogen) atoms. The van der Waals surface area contributed by atoms with E-state index in [1.165, 1.54) is 61.0 Å². The van der Waals surface area contributed by atoms with Gasteiger partial charge in [0.15, 0.2) is 0 Å². The lowest BCUT2D eigenvalue weighted by Crippen LogP contribution is -2.29. The maximum Gasteiger partial charge on any atom is 0.0671 e. The van der Waals surface area contributed by atoms with Crippen LogP contribution in [0.15, 0.2) is 71.2 Å². The van der Waals surface area contributed by atoms with Gasteiger partial charge in [0.1, 0.15) is 0 Å². The molecule has 4 aliphatic rings. The summed E-state index contributed by atoms with van der Waals surface area (Å²) in [5.74, 6) is 0.526. The molecule has 2 unspecified atom stereocenters. The Morgan fingerprint density at radius 2 is 1.45 bits per heavy atom. The first kappa shape index (κ1) is 18.0. The van der Waals surface area contributed by atoms with Gasteiger partial charge in [-0.2, -0.15) is 0 Å². The minimum absolute atomic E-state index is 0.260. The van der Waals surface area contributed by atoms with Crippen molar-refractivity contribution in [3.63, 3.8) is 0 Å². The number of aliphatic imine (C=N–C) groups is 1. The molecule has 0 N–H and O–H groups in total. The summed E-state index contributed by atoms with van der Waals surface area (Å²) in [5, 5.41) is 3.00. The highest BCUT2D eigenvalue weighted by molar-refractivity contribution is 6.20. The largest absolute Gasteiger partial charge is 0.256 e. The number of para-hydroxylation sites is 1. The standard InChI is InChI=1S/C32H25N/c1-16-12-17(2)26-29-23-10-6-7-11-24(23)33-32(29)31-27-21(14-19-8-4-5-9-22(19)27)15-20-13-18(3)25(16)30(26)28(20)31/h4-13,29,31H,14-15H2,1-3H3. The predicted octanol–water partition coefficient (Wildman–Crippen LogP) is 7.65. The van der Waals surface area contributed by atoms with Crippen molar-refractivity contribution in [3.05, 3.63) is 116 Å². The second kappa shape index (κ2) is 5.91. The molecule has 4 aromatic carbocycles. The van der Waals surface area contributed by atoms with Crippen LogP contribution in [-0.4, -0.2) is 5.71 Å². The lowest BCUT2D eigenvalue weighted by Gasteiger charge is -2.39. The first-order valence-corrected chi connectivity index (χ1v) is 12.2. The molecule has 0 bridgehead atoms. The van der Waals surface area contributed by atoms with Crippen molar-refractivity contribution in [2.24, 2.45) is 4.99 Å². The Morgan fingerprint density at radius 3 is 2.36 bits per heavy atom. The van der Waals surface area contributed by atoms with E-state index >= 15 is 0 Å². The Labute approximate surface area is 194 Å². The monoisotopic (exact) mass is 423 g/mol. The van der Waals surface area contributed by atoms with Crippen molar-refractivity contribution in [2.45, 2.75) is 45.4 Å². The molecule has 4 aromatic rings. The van der Waals surface area contributed by atoms with Gasteiger partial charge in [0.05, 0.1) is 11.6 Å². The Bertz CT molecular complexity index is 1650. The van der Waals surface area contributed by atoms with E-state index in [4.69, 9.17) is 4.99 Å². The zero-order valence-corrected chi connectivity index (χ0v) is 19.3. The third-order valence-corrected chi connectivity index (χ3v) is 8.62. The minimum Gasteiger partial charge on any atom is -0.256 e. The summed E-state index contributed by atoms with van der Waals surface area (Å²) in [6.45, 7) is 6.93. The van der Waals surface area contributed by atoms with Crippen molar-refractivity contribution in [1.29, 1.82) is 0 Å². The highest BCUT2D eigenvalue weighted by Crippen LogP contribution is 2.59. The number of fused-ring (bicyclic) bond motifs is 8. The van der Waals surface area contributed by atoms with Crippen molar-refractivity contribution < 1.29 is 0 Å². The van der Waals surface area contributed by atoms with E-state index in [-0.39, 0.29) is 11.8 Å². The molecule has 158 valence electrons. The van der Waals surface area contributed by atoms with Gasteiger partial charge >= 0.3 is 0 Å². The molecule has 1 heteroatoms. The predicted molar refractivity (Wildman–Crippen MR) is 137 cm³/mol. The summed E-state index contributed by atoms with van der Waals surface area (Å²) in [4.78, 5) is 5.39. The van der Waals surface area contributed by atoms with Gasteiger partial charge in [-0.25, -0.2) is 0 Å². The van der Waals surface area contributed by atoms with Crippen LogP contribution >= 0.6 is 0 Å². The molecule has 0 fully saturated rings. The maximum absolute atomic E-state index is 5.39. The van der Waals surface area contributed by atoms with Crippen LogP contribution in [0.1, 0.15) is 61.9 Å². The molecular formula is C32H25N. The van der Waals surface area contributed by atoms with E-state index in [2.05, 4.69) is 81.4 Å². The van der Waals surface area contributed by atoms with E-state index in [9.17, 15) is 0 Å². The zero-order chi connectivity index (χ0) is 22.0. The van der Waals surface area contributed by atoms with Crippen LogP contribution in [0.2, 0.25) is 0 Å². The first-order valence-electron chi connectivity index (χ1n) is 12.2. The number of hydrogen-bond donors (Lipinski definition) is 0. The average Bonchev–Trinajstić information content (AvgIpc) is 3.36. The van der Waals surface area contributed by atoms with Crippen molar-refractivity contribution in [1.82, 2.24) is 0 Å². The van der Waals surface area contributed by atoms with Gasteiger partial charge in [-0.1, -0.05) is 60.2 Å². The van der Waals surface area contributed by atoms with E-state index in [0.717, 1.165) is 18.5 Å². The smallest absolute Gasteiger partial charge is 0.0671 e. The van der Waals surface area contributed by atoms with Gasteiger partial charge in [0.25, 0.3) is 0 Å². The van der Waals surface area contributed by atoms with Crippen LogP contribution in [0.5, 0.6) is 0 Å². The molecule has 1 nitrogen and oxygen atoms in total. The second-order valence-corrected chi connectivity index (χ2v) is 10.4. The third-order valence-electron chi connectivity index (χ3n) is 8.62. The van der Waals surface area contributed by atoms with Gasteiger partial charge in [-0.15, -0.1) is 0 Å². The number of hydrogen-bond acceptors (Lipinski definition) is 1. The molecule has 0 amide bonds. The van der Waals surface area contributed by atoms with E-state index in [1.54, 1.807) is 16.7 Å². The molecule has 0 saturated heterocycles. The van der Waals surface area contributed by atoms with E-state index < -0.39 is 0 Å². The highest BCUT2D eigenvalue weighted by Gasteiger charge is 2.47. The average molecular weight is 424 g/mol. The normalized spacial score (nSPS) is 21.0. The van der Waals surface area contributed by atoms with Crippen molar-refractivity contribution >= 4 is 27.7 Å². The lowest BCUT2D eigenvalue weighted by atomic mass is 9.63. The molecule has 2 atom stereocenters. The summed E-state index contributed by atoms with van der Waals surface area (Å²) in [6, 6.07) is 22.8. The molecular weight excluding hydrogens is 398 g/mol. The van der Waals surface area contributed by atoms with Crippen LogP contribution in [0.3, 0.4) is 0 Å². The summed E-state index contributed by atoms with van der Waals surface area (Å²) in [6.07, 6.45) is 2.16. The first-order chi connectivity index (χ1) is 16.1. The summed E-state index contributed by atoms with van der Waals surface area (Å²) >= 11 is 0. The molecule has 0 aromatic heterocycles. The van der Waals surface area contributed by atoms with Crippen LogP contribution in [-0.2, 0) is 12.8 Å². The number of rotatable bonds is 0. The zero-order valence-electron chi connectivity index (χ0n) is 19.3. The third kappa shape index (κ3) is 2.07. The van der Waals surface area contributed by atoms with E-state index in [0.29, 0.717) is 0 Å². The summed E-state index contributed by atoms with van der Waals surface area (Å²) in [7, 11) is 0. The molecule has 0 radical (unpaired) electrons. The van der Waals surface area contributed by atoms with Gasteiger partial charge in [0, 0.05) is 11.6 Å². The van der Waals surface area contributed by atoms with Gasteiger partial charge < -0.3 is 0 Å². The Kier molecular flexibility index (Phi) is 3.23. The van der Waals surface area contributed by atoms with Crippen molar-refractivity contribution in [2.75, 3.05) is 0 Å². The van der Waals surface area contributed by atoms with Crippen LogP contribution in [0, 0.1) is 20.8 Å². The summed E-state index contributed by atoms with van der Waals surface area (Å²) in [5.41, 5.74) is 18.8. The van der Waals surface area contributed by atoms with Gasteiger partial charge in [-0.05, 0) is 106 Å². The Morgan fingerprint density at radius 1 is 0.697 bits per heavy atom. The number of aryl methyl sites for hydroxylation is 3. The fourth-order valence-corrected chi connectivity index (χ4v) is 7.58. The SMILES string of the molecule is Cc1cc(C)c2c(C)cc3c4c2c1C1C(=Nc2ccccc21)C4C1=C(Cc2ccccc21)C3. The molecule has 0 saturated carbocycles. The molecule has 1 aliphatic heterocycles. The Hall–Kier alpha value is -3.45. The quantitative estimate of drug-likeness (QED) is 0.275. The molecule has 1 heterocycles. The van der Waals surface area contributed by atoms with Crippen molar-refractivity contribution in [3.8, 4) is 0 Å². The summed E-state index contributed by atoms with van der Waals surface area (Å²) < 4.78 is 0. The number of allylic oxidation sites excluding steroid dienone is 2. The topological polar surface area (TPSA) is 12.4 Å². The van der Waals surface area contributed by atoms with Crippen LogP contribution in [0.4, 0.5) is 5.69 Å². The number of nitrogens with zero attached hydrogens (tertiary/aromatic N) is 1. The highest BCUT2D eigenvalue weighted by atomic mass is 14.8. The van der Waals surface area contributed by atoms with E-state index in [1.807, 2.05) is 0 Å². The van der Waals surface area contributed by atoms with Crippen LogP contribution in [0.25, 0.3) is 16.3 Å². The minimum atomic E-state index is 0.260. The Balaban J connectivity index is 1.57. The lowest BCUT2D eigenvalue weighted by molar-refractivity contribution is 0.932. The number of benzene rings is 4. The molecule has 0 spiro atoms. The second-order valence-electron chi connectivity index (χ2n) is 10.4. The van der Waals surface area contributed by atoms with Gasteiger partial charge in [0.2, 0.25) is 0 Å². The van der Waals surface area contributed by atoms with Gasteiger partial charge in [-0.3, -0.25) is 4.99 Å². The molecule has 3 aliphatic carbocycles.